The molecule has 1 heterocycles. The lowest BCUT2D eigenvalue weighted by molar-refractivity contribution is -0.133. The number of nitrogens with zero attached hydrogens (tertiary/aromatic N) is 1. The van der Waals surface area contributed by atoms with Gasteiger partial charge in [-0.2, -0.15) is 8.78 Å². The minimum absolute atomic E-state index is 0.0489. The molecule has 1 saturated heterocycles. The Balaban J connectivity index is 1.76. The molecule has 3 amide bonds. The van der Waals surface area contributed by atoms with Crippen LogP contribution in [0.3, 0.4) is 0 Å². The van der Waals surface area contributed by atoms with Gasteiger partial charge in [-0.3, -0.25) is 9.69 Å². The molecule has 6 nitrogen and oxygen atoms in total. The summed E-state index contributed by atoms with van der Waals surface area (Å²) in [5, 5.41) is 2.86. The minimum Gasteiger partial charge on any atom is -0.493 e. The maximum atomic E-state index is 12.9. The lowest BCUT2D eigenvalue weighted by Crippen LogP contribution is -2.49. The van der Waals surface area contributed by atoms with Crippen molar-refractivity contribution in [1.29, 1.82) is 0 Å². The first-order chi connectivity index (χ1) is 12.3. The molecule has 1 aromatic rings. The predicted molar refractivity (Wildman–Crippen MR) is 89.1 cm³/mol. The summed E-state index contributed by atoms with van der Waals surface area (Å²) in [4.78, 5) is 26.4. The second kappa shape index (κ2) is 7.09. The molecule has 0 unspecified atom stereocenters. The van der Waals surface area contributed by atoms with Crippen molar-refractivity contribution >= 4 is 11.9 Å². The number of hydrogen-bond acceptors (Lipinski definition) is 4. The zero-order valence-corrected chi connectivity index (χ0v) is 14.8. The van der Waals surface area contributed by atoms with E-state index in [0.29, 0.717) is 24.3 Å². The van der Waals surface area contributed by atoms with E-state index >= 15 is 0 Å². The van der Waals surface area contributed by atoms with Gasteiger partial charge in [-0.05, 0) is 49.3 Å². The summed E-state index contributed by atoms with van der Waals surface area (Å²) in [6, 6.07) is 3.95. The highest BCUT2D eigenvalue weighted by Crippen LogP contribution is 2.37. The van der Waals surface area contributed by atoms with Gasteiger partial charge in [0.2, 0.25) is 0 Å². The van der Waals surface area contributed by atoms with Crippen LogP contribution in [-0.4, -0.2) is 36.1 Å². The Labute approximate surface area is 150 Å². The van der Waals surface area contributed by atoms with Crippen LogP contribution >= 0.6 is 0 Å². The number of carbonyl (C=O) groups excluding carboxylic acids is 2. The number of alkyl halides is 2. The van der Waals surface area contributed by atoms with Gasteiger partial charge < -0.3 is 14.8 Å². The van der Waals surface area contributed by atoms with Crippen LogP contribution in [0.4, 0.5) is 13.6 Å². The summed E-state index contributed by atoms with van der Waals surface area (Å²) in [5.41, 5.74) is -0.208. The predicted octanol–water partition coefficient (Wildman–Crippen LogP) is 3.30. The molecule has 26 heavy (non-hydrogen) atoms. The van der Waals surface area contributed by atoms with Crippen molar-refractivity contribution in [1.82, 2.24) is 10.2 Å². The molecular formula is C18H22F2N2O4. The van der Waals surface area contributed by atoms with Crippen molar-refractivity contribution < 1.29 is 27.8 Å². The molecule has 2 fully saturated rings. The maximum Gasteiger partial charge on any atom is 0.387 e. The van der Waals surface area contributed by atoms with E-state index in [1.165, 1.54) is 30.2 Å². The lowest BCUT2D eigenvalue weighted by atomic mass is 9.77. The van der Waals surface area contributed by atoms with Crippen LogP contribution in [0.1, 0.15) is 38.2 Å². The summed E-state index contributed by atoms with van der Waals surface area (Å²) in [6.45, 7) is -0.775. The average Bonchev–Trinajstić information content (AvgIpc) is 2.83. The number of urea groups is 1. The number of nitrogens with one attached hydrogen (secondary N) is 1. The van der Waals surface area contributed by atoms with Crippen LogP contribution in [0.15, 0.2) is 18.2 Å². The molecule has 0 radical (unpaired) electrons. The summed E-state index contributed by atoms with van der Waals surface area (Å²) < 4.78 is 34.3. The van der Waals surface area contributed by atoms with Crippen molar-refractivity contribution in [3.8, 4) is 11.5 Å². The monoisotopic (exact) mass is 368 g/mol. The van der Waals surface area contributed by atoms with E-state index in [4.69, 9.17) is 4.74 Å². The van der Waals surface area contributed by atoms with Gasteiger partial charge in [-0.1, -0.05) is 13.0 Å². The van der Waals surface area contributed by atoms with E-state index in [0.717, 1.165) is 12.8 Å². The number of ether oxygens (including phenoxy) is 2. The van der Waals surface area contributed by atoms with Crippen molar-refractivity contribution in [3.63, 3.8) is 0 Å². The third-order valence-electron chi connectivity index (χ3n) is 5.16. The Morgan fingerprint density at radius 2 is 1.96 bits per heavy atom. The first kappa shape index (κ1) is 18.4. The Morgan fingerprint density at radius 1 is 1.27 bits per heavy atom. The zero-order valence-electron chi connectivity index (χ0n) is 14.8. The Morgan fingerprint density at radius 3 is 2.58 bits per heavy atom. The Kier molecular flexibility index (Phi) is 5.02. The van der Waals surface area contributed by atoms with Gasteiger partial charge in [0.1, 0.15) is 5.54 Å². The SMILES string of the molecule is COc1cc(CN2C(=O)NC3(CCC(C)CC3)C2=O)ccc1OC(F)F. The largest absolute Gasteiger partial charge is 0.493 e. The number of carbonyl (C=O) groups is 2. The topological polar surface area (TPSA) is 67.9 Å². The smallest absolute Gasteiger partial charge is 0.387 e. The standard InChI is InChI=1S/C18H22F2N2O4/c1-11-5-7-18(8-6-11)15(23)22(17(24)21-18)10-12-3-4-13(26-16(19)20)14(9-12)25-2/h3-4,9,11,16H,5-8,10H2,1-2H3,(H,21,24). The van der Waals surface area contributed by atoms with Crippen LogP contribution in [0, 0.1) is 5.92 Å². The maximum absolute atomic E-state index is 12.9. The molecule has 2 aliphatic rings. The third-order valence-corrected chi connectivity index (χ3v) is 5.16. The fourth-order valence-corrected chi connectivity index (χ4v) is 3.60. The van der Waals surface area contributed by atoms with Crippen molar-refractivity contribution in [2.45, 2.75) is 51.3 Å². The van der Waals surface area contributed by atoms with Gasteiger partial charge in [0.15, 0.2) is 11.5 Å². The average molecular weight is 368 g/mol. The second-order valence-corrected chi connectivity index (χ2v) is 6.95. The van der Waals surface area contributed by atoms with Crippen molar-refractivity contribution in [2.24, 2.45) is 5.92 Å². The second-order valence-electron chi connectivity index (χ2n) is 6.95. The third kappa shape index (κ3) is 3.45. The number of hydrogen-bond donors (Lipinski definition) is 1. The summed E-state index contributed by atoms with van der Waals surface area (Å²) in [7, 11) is 1.34. The lowest BCUT2D eigenvalue weighted by Gasteiger charge is -2.33. The van der Waals surface area contributed by atoms with Gasteiger partial charge in [0, 0.05) is 0 Å². The molecule has 1 aromatic carbocycles. The quantitative estimate of drug-likeness (QED) is 0.810. The number of methoxy groups -OCH3 is 1. The molecular weight excluding hydrogens is 346 g/mol. The first-order valence-electron chi connectivity index (χ1n) is 8.60. The van der Waals surface area contributed by atoms with Gasteiger partial charge in [-0.15, -0.1) is 0 Å². The zero-order chi connectivity index (χ0) is 18.9. The molecule has 0 aromatic heterocycles. The van der Waals surface area contributed by atoms with E-state index in [2.05, 4.69) is 17.0 Å². The molecule has 142 valence electrons. The van der Waals surface area contributed by atoms with E-state index in [9.17, 15) is 18.4 Å². The van der Waals surface area contributed by atoms with Gasteiger partial charge in [-0.25, -0.2) is 4.79 Å². The summed E-state index contributed by atoms with van der Waals surface area (Å²) >= 11 is 0. The highest BCUT2D eigenvalue weighted by molar-refractivity contribution is 6.07. The fraction of sp³-hybridized carbons (Fsp3) is 0.556. The van der Waals surface area contributed by atoms with E-state index in [1.54, 1.807) is 0 Å². The number of benzene rings is 1. The Bertz CT molecular complexity index is 702. The molecule has 0 bridgehead atoms. The molecule has 1 N–H and O–H groups in total. The molecule has 0 atom stereocenters. The Hall–Kier alpha value is -2.38. The molecule has 3 rings (SSSR count). The number of imide groups is 1. The van der Waals surface area contributed by atoms with Crippen molar-refractivity contribution in [3.05, 3.63) is 23.8 Å². The first-order valence-corrected chi connectivity index (χ1v) is 8.60. The molecule has 1 aliphatic heterocycles. The summed E-state index contributed by atoms with van der Waals surface area (Å²) in [5.74, 6) is 0.351. The van der Waals surface area contributed by atoms with Crippen LogP contribution in [-0.2, 0) is 11.3 Å². The van der Waals surface area contributed by atoms with E-state index in [1.807, 2.05) is 0 Å². The highest BCUT2D eigenvalue weighted by atomic mass is 19.3. The van der Waals surface area contributed by atoms with Crippen LogP contribution in [0.25, 0.3) is 0 Å². The fourth-order valence-electron chi connectivity index (χ4n) is 3.60. The molecule has 1 saturated carbocycles. The van der Waals surface area contributed by atoms with Gasteiger partial charge in [0.05, 0.1) is 13.7 Å². The van der Waals surface area contributed by atoms with Crippen LogP contribution < -0.4 is 14.8 Å². The van der Waals surface area contributed by atoms with E-state index < -0.39 is 18.2 Å². The molecule has 1 aliphatic carbocycles. The molecule has 8 heteroatoms. The van der Waals surface area contributed by atoms with E-state index in [-0.39, 0.29) is 24.0 Å². The molecule has 1 spiro atoms. The van der Waals surface area contributed by atoms with Crippen molar-refractivity contribution in [2.75, 3.05) is 7.11 Å². The number of amides is 3. The minimum atomic E-state index is -2.96. The van der Waals surface area contributed by atoms with Gasteiger partial charge >= 0.3 is 12.6 Å². The number of halogens is 2. The summed E-state index contributed by atoms with van der Waals surface area (Å²) in [6.07, 6.45) is 3.07. The highest BCUT2D eigenvalue weighted by Gasteiger charge is 2.51. The van der Waals surface area contributed by atoms with Crippen LogP contribution in [0.5, 0.6) is 11.5 Å². The van der Waals surface area contributed by atoms with Crippen LogP contribution in [0.2, 0.25) is 0 Å². The normalized spacial score (nSPS) is 25.7. The number of rotatable bonds is 5. The van der Waals surface area contributed by atoms with Gasteiger partial charge in [0.25, 0.3) is 5.91 Å².